The summed E-state index contributed by atoms with van der Waals surface area (Å²) in [6.07, 6.45) is 0. The van der Waals surface area contributed by atoms with Gasteiger partial charge in [0.15, 0.2) is 0 Å². The molecule has 1 aromatic carbocycles. The minimum Gasteiger partial charge on any atom is -0.322 e. The third-order valence-electron chi connectivity index (χ3n) is 4.15. The molecule has 1 saturated heterocycles. The second kappa shape index (κ2) is 7.90. The molecule has 1 amide bonds. The first kappa shape index (κ1) is 19.3. The molecular weight excluding hydrogens is 401 g/mol. The van der Waals surface area contributed by atoms with Gasteiger partial charge in [-0.3, -0.25) is 9.69 Å². The molecule has 1 N–H and O–H groups in total. The number of sulfonamides is 1. The van der Waals surface area contributed by atoms with E-state index in [0.29, 0.717) is 30.7 Å². The van der Waals surface area contributed by atoms with Crippen LogP contribution < -0.4 is 5.32 Å². The highest BCUT2D eigenvalue weighted by Gasteiger charge is 2.30. The van der Waals surface area contributed by atoms with Crippen LogP contribution >= 0.6 is 15.9 Å². The van der Waals surface area contributed by atoms with Gasteiger partial charge in [-0.05, 0) is 32.0 Å². The SMILES string of the molecule is CCS(=O)(=O)N1CCN(C(C)C(=O)Nc2ccc(Br)cc2F)CC1. The molecule has 1 aliphatic rings. The fourth-order valence-electron chi connectivity index (χ4n) is 2.55. The molecule has 1 heterocycles. The Bertz CT molecular complexity index is 706. The first-order valence-electron chi connectivity index (χ1n) is 7.72. The predicted molar refractivity (Wildman–Crippen MR) is 94.8 cm³/mol. The number of hydrogen-bond acceptors (Lipinski definition) is 4. The summed E-state index contributed by atoms with van der Waals surface area (Å²) >= 11 is 3.17. The minimum atomic E-state index is -3.20. The number of piperazine rings is 1. The molecule has 6 nitrogen and oxygen atoms in total. The van der Waals surface area contributed by atoms with E-state index >= 15 is 0 Å². The van der Waals surface area contributed by atoms with Crippen LogP contribution in [0.5, 0.6) is 0 Å². The number of carbonyl (C=O) groups excluding carboxylic acids is 1. The summed E-state index contributed by atoms with van der Waals surface area (Å²) in [6.45, 7) is 5.01. The maximum absolute atomic E-state index is 13.8. The summed E-state index contributed by atoms with van der Waals surface area (Å²) in [7, 11) is -3.20. The molecule has 9 heteroatoms. The number of halogens is 2. The highest BCUT2D eigenvalue weighted by atomic mass is 79.9. The van der Waals surface area contributed by atoms with Crippen molar-refractivity contribution in [1.82, 2.24) is 9.21 Å². The summed E-state index contributed by atoms with van der Waals surface area (Å²) in [6, 6.07) is 3.96. The largest absolute Gasteiger partial charge is 0.322 e. The molecule has 1 fully saturated rings. The molecule has 0 bridgehead atoms. The van der Waals surface area contributed by atoms with E-state index in [2.05, 4.69) is 21.2 Å². The van der Waals surface area contributed by atoms with E-state index in [4.69, 9.17) is 0 Å². The van der Waals surface area contributed by atoms with E-state index in [1.54, 1.807) is 19.9 Å². The number of hydrogen-bond donors (Lipinski definition) is 1. The van der Waals surface area contributed by atoms with Crippen molar-refractivity contribution in [2.45, 2.75) is 19.9 Å². The van der Waals surface area contributed by atoms with E-state index in [9.17, 15) is 17.6 Å². The van der Waals surface area contributed by atoms with Crippen molar-refractivity contribution in [2.75, 3.05) is 37.2 Å². The molecule has 1 aromatic rings. The van der Waals surface area contributed by atoms with Gasteiger partial charge in [-0.2, -0.15) is 4.31 Å². The fraction of sp³-hybridized carbons (Fsp3) is 0.533. The van der Waals surface area contributed by atoms with Crippen LogP contribution in [0.1, 0.15) is 13.8 Å². The van der Waals surface area contributed by atoms with Crippen LogP contribution in [0, 0.1) is 5.82 Å². The molecule has 2 rings (SSSR count). The zero-order valence-corrected chi connectivity index (χ0v) is 16.0. The number of amides is 1. The molecule has 0 saturated carbocycles. The number of nitrogens with zero attached hydrogens (tertiary/aromatic N) is 2. The van der Waals surface area contributed by atoms with Crippen molar-refractivity contribution in [1.29, 1.82) is 0 Å². The Labute approximate surface area is 150 Å². The number of nitrogens with one attached hydrogen (secondary N) is 1. The van der Waals surface area contributed by atoms with Crippen LogP contribution in [-0.4, -0.2) is 61.5 Å². The molecule has 134 valence electrons. The summed E-state index contributed by atoms with van der Waals surface area (Å²) in [5.74, 6) is -0.752. The normalized spacial score (nSPS) is 18.3. The van der Waals surface area contributed by atoms with Crippen molar-refractivity contribution in [3.05, 3.63) is 28.5 Å². The van der Waals surface area contributed by atoms with Crippen molar-refractivity contribution in [3.63, 3.8) is 0 Å². The zero-order valence-electron chi connectivity index (χ0n) is 13.6. The second-order valence-electron chi connectivity index (χ2n) is 5.62. The lowest BCUT2D eigenvalue weighted by Crippen LogP contribution is -2.54. The molecule has 0 aromatic heterocycles. The molecule has 1 unspecified atom stereocenters. The molecule has 0 radical (unpaired) electrons. The topological polar surface area (TPSA) is 69.7 Å². The Hall–Kier alpha value is -1.03. The third-order valence-corrected chi connectivity index (χ3v) is 6.52. The summed E-state index contributed by atoms with van der Waals surface area (Å²) in [5.41, 5.74) is 0.127. The lowest BCUT2D eigenvalue weighted by atomic mass is 10.2. The Morgan fingerprint density at radius 1 is 1.33 bits per heavy atom. The quantitative estimate of drug-likeness (QED) is 0.787. The van der Waals surface area contributed by atoms with Crippen LogP contribution in [0.4, 0.5) is 10.1 Å². The Balaban J connectivity index is 1.95. The lowest BCUT2D eigenvalue weighted by Gasteiger charge is -2.36. The van der Waals surface area contributed by atoms with Crippen molar-refractivity contribution in [2.24, 2.45) is 0 Å². The van der Waals surface area contributed by atoms with E-state index in [-0.39, 0.29) is 17.3 Å². The molecule has 1 aliphatic heterocycles. The van der Waals surface area contributed by atoms with Gasteiger partial charge in [0.2, 0.25) is 15.9 Å². The molecule has 24 heavy (non-hydrogen) atoms. The van der Waals surface area contributed by atoms with Gasteiger partial charge in [0.1, 0.15) is 5.82 Å². The van der Waals surface area contributed by atoms with Gasteiger partial charge in [0.05, 0.1) is 17.5 Å². The number of carbonyl (C=O) groups is 1. The summed E-state index contributed by atoms with van der Waals surface area (Å²) < 4.78 is 39.6. The lowest BCUT2D eigenvalue weighted by molar-refractivity contribution is -0.121. The van der Waals surface area contributed by atoms with Crippen LogP contribution in [0.3, 0.4) is 0 Å². The molecule has 0 spiro atoms. The highest BCUT2D eigenvalue weighted by Crippen LogP contribution is 2.20. The van der Waals surface area contributed by atoms with Gasteiger partial charge >= 0.3 is 0 Å². The van der Waals surface area contributed by atoms with Gasteiger partial charge in [-0.25, -0.2) is 12.8 Å². The van der Waals surface area contributed by atoms with Crippen molar-refractivity contribution >= 4 is 37.5 Å². The molecule has 0 aliphatic carbocycles. The van der Waals surface area contributed by atoms with Crippen molar-refractivity contribution < 1.29 is 17.6 Å². The third kappa shape index (κ3) is 4.53. The Morgan fingerprint density at radius 3 is 2.50 bits per heavy atom. The molecular formula is C15H21BrFN3O3S. The zero-order chi connectivity index (χ0) is 17.9. The summed E-state index contributed by atoms with van der Waals surface area (Å²) in [5, 5.41) is 2.58. The van der Waals surface area contributed by atoms with Crippen LogP contribution in [0.15, 0.2) is 22.7 Å². The maximum Gasteiger partial charge on any atom is 0.241 e. The van der Waals surface area contributed by atoms with Gasteiger partial charge in [0.25, 0.3) is 0 Å². The van der Waals surface area contributed by atoms with Crippen molar-refractivity contribution in [3.8, 4) is 0 Å². The van der Waals surface area contributed by atoms with E-state index in [0.717, 1.165) is 0 Å². The minimum absolute atomic E-state index is 0.0753. The number of anilines is 1. The fourth-order valence-corrected chi connectivity index (χ4v) is 3.96. The number of rotatable bonds is 5. The number of benzene rings is 1. The smallest absolute Gasteiger partial charge is 0.241 e. The average molecular weight is 422 g/mol. The van der Waals surface area contributed by atoms with E-state index < -0.39 is 21.9 Å². The standard InChI is InChI=1S/C15H21BrFN3O3S/c1-3-24(22,23)20-8-6-19(7-9-20)11(2)15(21)18-14-5-4-12(16)10-13(14)17/h4-5,10-11H,3,6-9H2,1-2H3,(H,18,21). The highest BCUT2D eigenvalue weighted by molar-refractivity contribution is 9.10. The maximum atomic E-state index is 13.8. The van der Waals surface area contributed by atoms with E-state index in [1.807, 2.05) is 4.90 Å². The van der Waals surface area contributed by atoms with Crippen LogP contribution in [0.25, 0.3) is 0 Å². The van der Waals surface area contributed by atoms with Gasteiger partial charge in [-0.15, -0.1) is 0 Å². The van der Waals surface area contributed by atoms with Crippen LogP contribution in [-0.2, 0) is 14.8 Å². The van der Waals surface area contributed by atoms with Gasteiger partial charge < -0.3 is 5.32 Å². The van der Waals surface area contributed by atoms with E-state index in [1.165, 1.54) is 16.4 Å². The first-order chi connectivity index (χ1) is 11.2. The monoisotopic (exact) mass is 421 g/mol. The first-order valence-corrected chi connectivity index (χ1v) is 10.1. The second-order valence-corrected chi connectivity index (χ2v) is 8.80. The Morgan fingerprint density at radius 2 is 1.96 bits per heavy atom. The molecule has 1 atom stereocenters. The predicted octanol–water partition coefficient (Wildman–Crippen LogP) is 1.88. The Kier molecular flexibility index (Phi) is 6.35. The average Bonchev–Trinajstić information content (AvgIpc) is 2.56. The van der Waals surface area contributed by atoms with Crippen LogP contribution in [0.2, 0.25) is 0 Å². The summed E-state index contributed by atoms with van der Waals surface area (Å²) in [4.78, 5) is 14.2. The van der Waals surface area contributed by atoms with Gasteiger partial charge in [-0.1, -0.05) is 15.9 Å². The van der Waals surface area contributed by atoms with Gasteiger partial charge in [0, 0.05) is 30.7 Å².